The smallest absolute Gasteiger partial charge is 0.268 e. The third kappa shape index (κ3) is 5.76. The molecular weight excluding hydrogens is 414 g/mol. The molecule has 1 aliphatic rings. The number of hydrogen-bond donors (Lipinski definition) is 5. The predicted octanol–water partition coefficient (Wildman–Crippen LogP) is 3.86. The highest BCUT2D eigenvalue weighted by molar-refractivity contribution is 6.31. The summed E-state index contributed by atoms with van der Waals surface area (Å²) in [6.07, 6.45) is 8.34. The number of imidazole rings is 1. The molecule has 7 nitrogen and oxygen atoms in total. The van der Waals surface area contributed by atoms with Crippen molar-refractivity contribution < 1.29 is 9.90 Å². The third-order valence-corrected chi connectivity index (χ3v) is 5.82. The first-order valence-electron chi connectivity index (χ1n) is 10.5. The number of amides is 1. The molecule has 0 aliphatic carbocycles. The highest BCUT2D eigenvalue weighted by Gasteiger charge is 2.29. The fraction of sp³-hybridized carbons (Fsp3) is 0.391. The molecule has 166 valence electrons. The first-order valence-corrected chi connectivity index (χ1v) is 10.9. The standard InChI is InChI=1S/C23H30ClN5O2/c1-4-16(24)9-8-14(2)17-10-11-19(27-17)23(31)29-21(18-7-5-6-12-25-18)22-26-15(3)20(13-30)28-22/h4,8-11,18,21,25,27,30H,1,5-7,12-13H2,2-3H3,(H,26,28)(H,29,31)/b14-8+,16-9+. The van der Waals surface area contributed by atoms with Crippen LogP contribution in [0, 0.1) is 6.92 Å². The Hall–Kier alpha value is -2.61. The summed E-state index contributed by atoms with van der Waals surface area (Å²) in [5.74, 6) is 0.442. The molecule has 2 aromatic rings. The van der Waals surface area contributed by atoms with Gasteiger partial charge in [-0.15, -0.1) is 0 Å². The highest BCUT2D eigenvalue weighted by Crippen LogP contribution is 2.23. The molecule has 1 saturated heterocycles. The molecule has 3 heterocycles. The number of halogens is 1. The Labute approximate surface area is 187 Å². The minimum atomic E-state index is -0.329. The van der Waals surface area contributed by atoms with Gasteiger partial charge in [0.25, 0.3) is 5.91 Å². The monoisotopic (exact) mass is 443 g/mol. The molecule has 1 aliphatic heterocycles. The van der Waals surface area contributed by atoms with Crippen molar-refractivity contribution in [2.24, 2.45) is 0 Å². The van der Waals surface area contributed by atoms with Gasteiger partial charge in [0.05, 0.1) is 18.0 Å². The Balaban J connectivity index is 1.80. The van der Waals surface area contributed by atoms with Crippen LogP contribution in [0.15, 0.2) is 42.0 Å². The molecule has 0 aromatic carbocycles. The Morgan fingerprint density at radius 1 is 1.35 bits per heavy atom. The summed E-state index contributed by atoms with van der Waals surface area (Å²) in [6, 6.07) is 3.37. The molecule has 2 atom stereocenters. The molecule has 2 aromatic heterocycles. The normalized spacial score (nSPS) is 18.6. The Morgan fingerprint density at radius 2 is 2.13 bits per heavy atom. The lowest BCUT2D eigenvalue weighted by molar-refractivity contribution is 0.0915. The van der Waals surface area contributed by atoms with Crippen molar-refractivity contribution in [3.8, 4) is 0 Å². The fourth-order valence-corrected chi connectivity index (χ4v) is 3.75. The van der Waals surface area contributed by atoms with Gasteiger partial charge in [-0.1, -0.05) is 36.8 Å². The van der Waals surface area contributed by atoms with E-state index in [1.165, 1.54) is 0 Å². The number of aliphatic hydroxyl groups excluding tert-OH is 1. The quantitative estimate of drug-likeness (QED) is 0.399. The zero-order valence-corrected chi connectivity index (χ0v) is 18.7. The molecule has 0 bridgehead atoms. The van der Waals surface area contributed by atoms with Gasteiger partial charge in [-0.2, -0.15) is 0 Å². The number of nitrogens with zero attached hydrogens (tertiary/aromatic N) is 1. The second-order valence-corrected chi connectivity index (χ2v) is 8.18. The molecule has 2 unspecified atom stereocenters. The lowest BCUT2D eigenvalue weighted by atomic mass is 9.97. The number of nitrogens with one attached hydrogen (secondary N) is 4. The van der Waals surface area contributed by atoms with Crippen LogP contribution < -0.4 is 10.6 Å². The fourth-order valence-electron chi connectivity index (χ4n) is 3.68. The van der Waals surface area contributed by atoms with E-state index < -0.39 is 0 Å². The molecule has 0 spiro atoms. The zero-order chi connectivity index (χ0) is 22.4. The number of carbonyl (C=O) groups is 1. The molecule has 1 fully saturated rings. The molecule has 31 heavy (non-hydrogen) atoms. The average molecular weight is 444 g/mol. The van der Waals surface area contributed by atoms with E-state index in [1.54, 1.807) is 18.2 Å². The minimum Gasteiger partial charge on any atom is -0.390 e. The number of aliphatic hydroxyl groups is 1. The minimum absolute atomic E-state index is 0.0667. The number of hydrogen-bond acceptors (Lipinski definition) is 4. The maximum absolute atomic E-state index is 13.1. The van der Waals surface area contributed by atoms with E-state index in [2.05, 4.69) is 32.2 Å². The van der Waals surface area contributed by atoms with Crippen molar-refractivity contribution >= 4 is 23.1 Å². The molecule has 1 amide bonds. The molecule has 3 rings (SSSR count). The van der Waals surface area contributed by atoms with E-state index in [1.807, 2.05) is 26.0 Å². The number of aromatic nitrogens is 3. The van der Waals surface area contributed by atoms with Crippen molar-refractivity contribution in [1.82, 2.24) is 25.6 Å². The largest absolute Gasteiger partial charge is 0.390 e. The third-order valence-electron chi connectivity index (χ3n) is 5.54. The zero-order valence-electron chi connectivity index (χ0n) is 18.0. The summed E-state index contributed by atoms with van der Waals surface area (Å²) < 4.78 is 0. The predicted molar refractivity (Wildman–Crippen MR) is 124 cm³/mol. The van der Waals surface area contributed by atoms with Gasteiger partial charge in [0.1, 0.15) is 17.6 Å². The number of rotatable bonds is 8. The van der Waals surface area contributed by atoms with Gasteiger partial charge in [0.2, 0.25) is 0 Å². The Kier molecular flexibility index (Phi) is 7.90. The average Bonchev–Trinajstić information content (AvgIpc) is 3.43. The summed E-state index contributed by atoms with van der Waals surface area (Å²) in [6.45, 7) is 8.20. The van der Waals surface area contributed by atoms with Crippen LogP contribution >= 0.6 is 11.6 Å². The summed E-state index contributed by atoms with van der Waals surface area (Å²) in [5, 5.41) is 16.7. The van der Waals surface area contributed by atoms with Crippen LogP contribution in [0.25, 0.3) is 5.57 Å². The molecule has 0 radical (unpaired) electrons. The molecule has 8 heteroatoms. The van der Waals surface area contributed by atoms with Crippen LogP contribution in [0.3, 0.4) is 0 Å². The van der Waals surface area contributed by atoms with Gasteiger partial charge >= 0.3 is 0 Å². The topological polar surface area (TPSA) is 106 Å². The van der Waals surface area contributed by atoms with Crippen molar-refractivity contribution in [3.05, 3.63) is 70.6 Å². The summed E-state index contributed by atoms with van der Waals surface area (Å²) in [5.41, 5.74) is 3.64. The summed E-state index contributed by atoms with van der Waals surface area (Å²) in [4.78, 5) is 24.0. The maximum atomic E-state index is 13.1. The number of carbonyl (C=O) groups excluding carboxylic acids is 1. The molecule has 5 N–H and O–H groups in total. The number of aryl methyl sites for hydroxylation is 1. The number of aromatic amines is 2. The summed E-state index contributed by atoms with van der Waals surface area (Å²) >= 11 is 5.96. The van der Waals surface area contributed by atoms with Gasteiger partial charge in [-0.05, 0) is 57.0 Å². The van der Waals surface area contributed by atoms with E-state index >= 15 is 0 Å². The molecule has 0 saturated carbocycles. The SMILES string of the molecule is C=C/C(Cl)=C\C=C(/C)c1ccc(C(=O)NC(c2nc(C)c(CO)[nH]2)C2CCCCN2)[nH]1. The van der Waals surface area contributed by atoms with Crippen molar-refractivity contribution in [2.75, 3.05) is 6.54 Å². The Bertz CT molecular complexity index is 982. The number of allylic oxidation sites excluding steroid dienone is 5. The van der Waals surface area contributed by atoms with Crippen LogP contribution in [-0.4, -0.2) is 38.6 Å². The number of H-pyrrole nitrogens is 2. The first kappa shape index (κ1) is 23.1. The van der Waals surface area contributed by atoms with Gasteiger partial charge in [0.15, 0.2) is 0 Å². The summed E-state index contributed by atoms with van der Waals surface area (Å²) in [7, 11) is 0. The second-order valence-electron chi connectivity index (χ2n) is 7.74. The van der Waals surface area contributed by atoms with E-state index in [9.17, 15) is 9.90 Å². The number of piperidine rings is 1. The van der Waals surface area contributed by atoms with Crippen LogP contribution in [0.5, 0.6) is 0 Å². The van der Waals surface area contributed by atoms with Crippen molar-refractivity contribution in [3.63, 3.8) is 0 Å². The second kappa shape index (κ2) is 10.6. The van der Waals surface area contributed by atoms with Crippen LogP contribution in [-0.2, 0) is 6.61 Å². The van der Waals surface area contributed by atoms with Gasteiger partial charge in [-0.25, -0.2) is 4.98 Å². The van der Waals surface area contributed by atoms with Crippen LogP contribution in [0.1, 0.15) is 65.6 Å². The van der Waals surface area contributed by atoms with Crippen molar-refractivity contribution in [1.29, 1.82) is 0 Å². The van der Waals surface area contributed by atoms with Gasteiger partial charge < -0.3 is 25.7 Å². The highest BCUT2D eigenvalue weighted by atomic mass is 35.5. The van der Waals surface area contributed by atoms with Crippen LogP contribution in [0.4, 0.5) is 0 Å². The Morgan fingerprint density at radius 3 is 2.77 bits per heavy atom. The van der Waals surface area contributed by atoms with Crippen LogP contribution in [0.2, 0.25) is 0 Å². The lowest BCUT2D eigenvalue weighted by Gasteiger charge is -2.30. The van der Waals surface area contributed by atoms with E-state index in [0.717, 1.165) is 42.8 Å². The van der Waals surface area contributed by atoms with E-state index in [4.69, 9.17) is 11.6 Å². The first-order chi connectivity index (χ1) is 14.9. The van der Waals surface area contributed by atoms with Gasteiger partial charge in [-0.3, -0.25) is 4.79 Å². The van der Waals surface area contributed by atoms with Gasteiger partial charge in [0, 0.05) is 16.8 Å². The van der Waals surface area contributed by atoms with E-state index in [0.29, 0.717) is 22.2 Å². The molecular formula is C23H30ClN5O2. The van der Waals surface area contributed by atoms with E-state index in [-0.39, 0.29) is 24.6 Å². The lowest BCUT2D eigenvalue weighted by Crippen LogP contribution is -2.46. The maximum Gasteiger partial charge on any atom is 0.268 e. The van der Waals surface area contributed by atoms with Crippen molar-refractivity contribution in [2.45, 2.75) is 51.8 Å².